The number of carbonyl (C=O) groups excluding carboxylic acids is 3. The number of carbonyl (C=O) groups is 3. The van der Waals surface area contributed by atoms with Gasteiger partial charge in [-0.1, -0.05) is 29.8 Å². The van der Waals surface area contributed by atoms with Crippen molar-refractivity contribution in [2.45, 2.75) is 26.6 Å². The number of methoxy groups -OCH3 is 1. The molecule has 9 heteroatoms. The number of thioether (sulfide) groups is 1. The molecule has 2 aromatic carbocycles. The third-order valence-corrected chi connectivity index (χ3v) is 5.48. The molecule has 1 fully saturated rings. The predicted octanol–water partition coefficient (Wildman–Crippen LogP) is 4.92. The fraction of sp³-hybridized carbons (Fsp3) is 0.261. The quantitative estimate of drug-likeness (QED) is 0.396. The van der Waals surface area contributed by atoms with E-state index in [9.17, 15) is 14.4 Å². The minimum atomic E-state index is -0.632. The summed E-state index contributed by atoms with van der Waals surface area (Å²) >= 11 is 6.67. The zero-order valence-electron chi connectivity index (χ0n) is 17.8. The van der Waals surface area contributed by atoms with Gasteiger partial charge >= 0.3 is 5.97 Å². The van der Waals surface area contributed by atoms with Crippen LogP contribution in [0.4, 0.5) is 4.79 Å². The first kappa shape index (κ1) is 23.7. The second-order valence-electron chi connectivity index (χ2n) is 7.13. The molecule has 0 bridgehead atoms. The van der Waals surface area contributed by atoms with Gasteiger partial charge < -0.3 is 14.2 Å². The Morgan fingerprint density at radius 3 is 2.50 bits per heavy atom. The molecule has 2 amide bonds. The van der Waals surface area contributed by atoms with Crippen LogP contribution < -0.4 is 9.47 Å². The van der Waals surface area contributed by atoms with Crippen LogP contribution in [-0.2, 0) is 20.9 Å². The molecule has 0 N–H and O–H groups in total. The van der Waals surface area contributed by atoms with E-state index in [1.807, 2.05) is 12.1 Å². The Morgan fingerprint density at radius 1 is 1.12 bits per heavy atom. The molecule has 0 aromatic heterocycles. The summed E-state index contributed by atoms with van der Waals surface area (Å²) in [6.07, 6.45) is 1.25. The largest absolute Gasteiger partial charge is 0.493 e. The number of imide groups is 1. The van der Waals surface area contributed by atoms with Crippen LogP contribution in [0.15, 0.2) is 47.4 Å². The highest BCUT2D eigenvalue weighted by Crippen LogP contribution is 2.34. The van der Waals surface area contributed by atoms with Crippen LogP contribution >= 0.6 is 23.4 Å². The van der Waals surface area contributed by atoms with E-state index in [-0.39, 0.29) is 11.0 Å². The minimum Gasteiger partial charge on any atom is -0.493 e. The highest BCUT2D eigenvalue weighted by Gasteiger charge is 2.36. The third-order valence-electron chi connectivity index (χ3n) is 4.32. The first-order valence-corrected chi connectivity index (χ1v) is 11.0. The highest BCUT2D eigenvalue weighted by molar-refractivity contribution is 8.18. The van der Waals surface area contributed by atoms with Gasteiger partial charge in [0.25, 0.3) is 11.1 Å². The van der Waals surface area contributed by atoms with Crippen molar-refractivity contribution in [2.24, 2.45) is 0 Å². The maximum Gasteiger partial charge on any atom is 0.326 e. The molecule has 168 valence electrons. The smallest absolute Gasteiger partial charge is 0.326 e. The number of hydrogen-bond donors (Lipinski definition) is 0. The standard InChI is InChI=1S/C23H22ClNO6S/c1-14(2)31-21(26)12-25-22(27)20(32-23(25)28)11-16-6-9-18(19(10-16)29-3)30-13-15-4-7-17(24)8-5-15/h4-11,14H,12-13H2,1-3H3/b20-11-. The molecule has 32 heavy (non-hydrogen) atoms. The summed E-state index contributed by atoms with van der Waals surface area (Å²) in [4.78, 5) is 37.7. The summed E-state index contributed by atoms with van der Waals surface area (Å²) < 4.78 is 16.3. The van der Waals surface area contributed by atoms with Gasteiger partial charge in [-0.05, 0) is 67.1 Å². The van der Waals surface area contributed by atoms with Crippen molar-refractivity contribution in [3.63, 3.8) is 0 Å². The van der Waals surface area contributed by atoms with Gasteiger partial charge in [-0.25, -0.2) is 0 Å². The van der Waals surface area contributed by atoms with Crippen molar-refractivity contribution in [3.8, 4) is 11.5 Å². The molecule has 1 saturated heterocycles. The molecule has 0 aliphatic carbocycles. The van der Waals surface area contributed by atoms with E-state index < -0.39 is 23.7 Å². The molecule has 0 radical (unpaired) electrons. The molecule has 1 heterocycles. The lowest BCUT2D eigenvalue weighted by molar-refractivity contribution is -0.149. The Hall–Kier alpha value is -2.97. The van der Waals surface area contributed by atoms with Crippen LogP contribution in [0.2, 0.25) is 5.02 Å². The summed E-state index contributed by atoms with van der Waals surface area (Å²) in [5.41, 5.74) is 1.60. The number of ether oxygens (including phenoxy) is 3. The summed E-state index contributed by atoms with van der Waals surface area (Å²) in [6.45, 7) is 3.31. The van der Waals surface area contributed by atoms with Crippen molar-refractivity contribution < 1.29 is 28.6 Å². The van der Waals surface area contributed by atoms with Gasteiger partial charge in [0.2, 0.25) is 0 Å². The van der Waals surface area contributed by atoms with E-state index in [0.29, 0.717) is 28.7 Å². The Morgan fingerprint density at radius 2 is 1.84 bits per heavy atom. The van der Waals surface area contributed by atoms with Crippen molar-refractivity contribution >= 4 is 46.6 Å². The van der Waals surface area contributed by atoms with E-state index in [0.717, 1.165) is 22.2 Å². The molecule has 1 aliphatic rings. The second kappa shape index (κ2) is 10.6. The Labute approximate surface area is 195 Å². The molecule has 3 rings (SSSR count). The fourth-order valence-corrected chi connectivity index (χ4v) is 3.82. The van der Waals surface area contributed by atoms with Gasteiger partial charge in [-0.2, -0.15) is 0 Å². The zero-order valence-corrected chi connectivity index (χ0v) is 19.4. The molecule has 0 atom stereocenters. The molecule has 7 nitrogen and oxygen atoms in total. The summed E-state index contributed by atoms with van der Waals surface area (Å²) in [7, 11) is 1.52. The molecule has 0 saturated carbocycles. The van der Waals surface area contributed by atoms with Crippen molar-refractivity contribution in [1.82, 2.24) is 4.90 Å². The minimum absolute atomic E-state index is 0.212. The van der Waals surface area contributed by atoms with Crippen LogP contribution in [0.3, 0.4) is 0 Å². The first-order chi connectivity index (χ1) is 15.3. The van der Waals surface area contributed by atoms with E-state index in [2.05, 4.69) is 0 Å². The average molecular weight is 476 g/mol. The Kier molecular flexibility index (Phi) is 7.82. The zero-order chi connectivity index (χ0) is 23.3. The van der Waals surface area contributed by atoms with E-state index in [1.54, 1.807) is 50.3 Å². The number of benzene rings is 2. The maximum absolute atomic E-state index is 12.6. The molecule has 0 spiro atoms. The van der Waals surface area contributed by atoms with Gasteiger partial charge in [-0.15, -0.1) is 0 Å². The normalized spacial score (nSPS) is 14.9. The molecule has 2 aromatic rings. The number of hydrogen-bond acceptors (Lipinski definition) is 7. The molecule has 0 unspecified atom stereocenters. The van der Waals surface area contributed by atoms with Gasteiger partial charge in [0, 0.05) is 5.02 Å². The molecular weight excluding hydrogens is 454 g/mol. The number of nitrogens with zero attached hydrogens (tertiary/aromatic N) is 1. The van der Waals surface area contributed by atoms with Gasteiger partial charge in [0.15, 0.2) is 11.5 Å². The van der Waals surface area contributed by atoms with E-state index in [4.69, 9.17) is 25.8 Å². The predicted molar refractivity (Wildman–Crippen MR) is 123 cm³/mol. The number of rotatable bonds is 8. The lowest BCUT2D eigenvalue weighted by atomic mass is 10.1. The van der Waals surface area contributed by atoms with Crippen LogP contribution in [-0.4, -0.2) is 41.8 Å². The van der Waals surface area contributed by atoms with Gasteiger partial charge in [-0.3, -0.25) is 19.3 Å². The third kappa shape index (κ3) is 6.05. The Bertz CT molecular complexity index is 1050. The number of amides is 2. The van der Waals surface area contributed by atoms with E-state index in [1.165, 1.54) is 7.11 Å². The highest BCUT2D eigenvalue weighted by atomic mass is 35.5. The fourth-order valence-electron chi connectivity index (χ4n) is 2.85. The maximum atomic E-state index is 12.6. The lowest BCUT2D eigenvalue weighted by Gasteiger charge is -2.13. The van der Waals surface area contributed by atoms with Crippen LogP contribution in [0.25, 0.3) is 6.08 Å². The van der Waals surface area contributed by atoms with E-state index >= 15 is 0 Å². The average Bonchev–Trinajstić information content (AvgIpc) is 3.00. The summed E-state index contributed by atoms with van der Waals surface area (Å²) in [5, 5.41) is 0.133. The number of halogens is 1. The topological polar surface area (TPSA) is 82.1 Å². The van der Waals surface area contributed by atoms with Crippen LogP contribution in [0.5, 0.6) is 11.5 Å². The molecule has 1 aliphatic heterocycles. The van der Waals surface area contributed by atoms with Gasteiger partial charge in [0.1, 0.15) is 13.2 Å². The number of esters is 1. The summed E-state index contributed by atoms with van der Waals surface area (Å²) in [5.74, 6) is -0.160. The van der Waals surface area contributed by atoms with Crippen molar-refractivity contribution in [2.75, 3.05) is 13.7 Å². The first-order valence-electron chi connectivity index (χ1n) is 9.77. The monoisotopic (exact) mass is 475 g/mol. The van der Waals surface area contributed by atoms with Crippen LogP contribution in [0, 0.1) is 0 Å². The molecular formula is C23H22ClNO6S. The Balaban J connectivity index is 1.71. The van der Waals surface area contributed by atoms with Crippen molar-refractivity contribution in [3.05, 3.63) is 63.5 Å². The SMILES string of the molecule is COc1cc(/C=C2\SC(=O)N(CC(=O)OC(C)C)C2=O)ccc1OCc1ccc(Cl)cc1. The summed E-state index contributed by atoms with van der Waals surface area (Å²) in [6, 6.07) is 12.5. The van der Waals surface area contributed by atoms with Crippen LogP contribution in [0.1, 0.15) is 25.0 Å². The lowest BCUT2D eigenvalue weighted by Crippen LogP contribution is -2.35. The second-order valence-corrected chi connectivity index (χ2v) is 8.56. The van der Waals surface area contributed by atoms with Crippen molar-refractivity contribution in [1.29, 1.82) is 0 Å². The van der Waals surface area contributed by atoms with Gasteiger partial charge in [0.05, 0.1) is 18.1 Å².